The Morgan fingerprint density at radius 2 is 2.07 bits per heavy atom. The van der Waals surface area contributed by atoms with Crippen molar-refractivity contribution < 1.29 is 4.79 Å². The normalized spacial score (nSPS) is 16.9. The van der Waals surface area contributed by atoms with Gasteiger partial charge < -0.3 is 0 Å². The average molecular weight is 202 g/mol. The first-order valence-electron chi connectivity index (χ1n) is 5.84. The second-order valence-electron chi connectivity index (χ2n) is 4.61. The zero-order chi connectivity index (χ0) is 10.7. The Hall–Kier alpha value is -1.11. The lowest BCUT2D eigenvalue weighted by atomic mass is 9.96. The maximum atomic E-state index is 11.9. The first-order valence-corrected chi connectivity index (χ1v) is 5.84. The molecule has 0 unspecified atom stereocenters. The van der Waals surface area contributed by atoms with E-state index in [1.807, 2.05) is 6.07 Å². The molecule has 0 amide bonds. The molecular weight excluding hydrogens is 184 g/mol. The Bertz CT molecular complexity index is 348. The highest BCUT2D eigenvalue weighted by Gasteiger charge is 2.22. The van der Waals surface area contributed by atoms with Crippen LogP contribution >= 0.6 is 0 Å². The van der Waals surface area contributed by atoms with E-state index in [0.29, 0.717) is 18.1 Å². The minimum absolute atomic E-state index is 0.352. The van der Waals surface area contributed by atoms with Crippen LogP contribution in [0.15, 0.2) is 24.3 Å². The van der Waals surface area contributed by atoms with Crippen LogP contribution in [0.25, 0.3) is 0 Å². The van der Waals surface area contributed by atoms with Gasteiger partial charge in [-0.1, -0.05) is 42.7 Å². The molecule has 1 aromatic carbocycles. The quantitative estimate of drug-likeness (QED) is 0.735. The summed E-state index contributed by atoms with van der Waals surface area (Å²) in [5.41, 5.74) is 2.42. The van der Waals surface area contributed by atoms with Gasteiger partial charge in [-0.05, 0) is 25.3 Å². The molecule has 1 fully saturated rings. The lowest BCUT2D eigenvalue weighted by Crippen LogP contribution is -2.13. The maximum absolute atomic E-state index is 11.9. The summed E-state index contributed by atoms with van der Waals surface area (Å²) in [4.78, 5) is 11.9. The van der Waals surface area contributed by atoms with Gasteiger partial charge in [0.2, 0.25) is 0 Å². The molecule has 0 saturated heterocycles. The van der Waals surface area contributed by atoms with E-state index in [1.165, 1.54) is 24.0 Å². The number of aryl methyl sites for hydroxylation is 1. The maximum Gasteiger partial charge on any atom is 0.140 e. The van der Waals surface area contributed by atoms with Crippen LogP contribution in [0.3, 0.4) is 0 Å². The van der Waals surface area contributed by atoms with Crippen LogP contribution in [0.4, 0.5) is 0 Å². The molecule has 1 aromatic rings. The van der Waals surface area contributed by atoms with Gasteiger partial charge in [0.05, 0.1) is 0 Å². The van der Waals surface area contributed by atoms with Gasteiger partial charge in [-0.2, -0.15) is 0 Å². The number of rotatable bonds is 3. The third-order valence-corrected chi connectivity index (χ3v) is 3.27. The van der Waals surface area contributed by atoms with Gasteiger partial charge in [-0.3, -0.25) is 4.79 Å². The van der Waals surface area contributed by atoms with Crippen LogP contribution < -0.4 is 0 Å². The van der Waals surface area contributed by atoms with Crippen molar-refractivity contribution in [3.63, 3.8) is 0 Å². The van der Waals surface area contributed by atoms with E-state index in [9.17, 15) is 4.79 Å². The van der Waals surface area contributed by atoms with E-state index in [4.69, 9.17) is 0 Å². The molecular formula is C14H18O. The summed E-state index contributed by atoms with van der Waals surface area (Å²) in [7, 11) is 0. The molecule has 1 saturated carbocycles. The SMILES string of the molecule is Cc1cccc(CC(=O)C2CCCC2)c1. The van der Waals surface area contributed by atoms with Crippen molar-refractivity contribution in [2.24, 2.45) is 5.92 Å². The molecule has 80 valence electrons. The summed E-state index contributed by atoms with van der Waals surface area (Å²) in [6.07, 6.45) is 5.34. The van der Waals surface area contributed by atoms with Crippen LogP contribution in [0.1, 0.15) is 36.8 Å². The van der Waals surface area contributed by atoms with E-state index < -0.39 is 0 Å². The molecule has 0 heterocycles. The molecule has 0 aromatic heterocycles. The minimum Gasteiger partial charge on any atom is -0.299 e. The summed E-state index contributed by atoms with van der Waals surface area (Å²) in [5, 5.41) is 0. The Morgan fingerprint density at radius 3 is 2.73 bits per heavy atom. The second-order valence-corrected chi connectivity index (χ2v) is 4.61. The van der Waals surface area contributed by atoms with Crippen molar-refractivity contribution in [2.75, 3.05) is 0 Å². The Kier molecular flexibility index (Phi) is 3.20. The molecule has 2 rings (SSSR count). The van der Waals surface area contributed by atoms with Gasteiger partial charge in [0, 0.05) is 12.3 Å². The summed E-state index contributed by atoms with van der Waals surface area (Å²) in [6, 6.07) is 8.28. The molecule has 0 N–H and O–H groups in total. The molecule has 0 bridgehead atoms. The first kappa shape index (κ1) is 10.4. The van der Waals surface area contributed by atoms with Crippen molar-refractivity contribution in [1.29, 1.82) is 0 Å². The number of benzene rings is 1. The highest BCUT2D eigenvalue weighted by molar-refractivity contribution is 5.83. The molecule has 0 spiro atoms. The lowest BCUT2D eigenvalue weighted by Gasteiger charge is -2.07. The Balaban J connectivity index is 1.99. The van der Waals surface area contributed by atoms with Gasteiger partial charge in [-0.15, -0.1) is 0 Å². The third kappa shape index (κ3) is 2.68. The van der Waals surface area contributed by atoms with Crippen LogP contribution in [-0.2, 0) is 11.2 Å². The second kappa shape index (κ2) is 4.61. The smallest absolute Gasteiger partial charge is 0.140 e. The number of Topliss-reactive ketones (excluding diaryl/α,β-unsaturated/α-hetero) is 1. The van der Waals surface area contributed by atoms with Crippen molar-refractivity contribution >= 4 is 5.78 Å². The van der Waals surface area contributed by atoms with Gasteiger partial charge in [0.1, 0.15) is 5.78 Å². The van der Waals surface area contributed by atoms with Gasteiger partial charge in [0.15, 0.2) is 0 Å². The molecule has 1 heteroatoms. The Morgan fingerprint density at radius 1 is 1.33 bits per heavy atom. The van der Waals surface area contributed by atoms with Crippen LogP contribution in [0, 0.1) is 12.8 Å². The van der Waals surface area contributed by atoms with Gasteiger partial charge >= 0.3 is 0 Å². The number of ketones is 1. The molecule has 0 atom stereocenters. The largest absolute Gasteiger partial charge is 0.299 e. The molecule has 0 aliphatic heterocycles. The fraction of sp³-hybridized carbons (Fsp3) is 0.500. The van der Waals surface area contributed by atoms with Crippen LogP contribution in [0.5, 0.6) is 0 Å². The van der Waals surface area contributed by atoms with E-state index >= 15 is 0 Å². The molecule has 1 aliphatic carbocycles. The molecule has 15 heavy (non-hydrogen) atoms. The van der Waals surface area contributed by atoms with Crippen molar-refractivity contribution in [3.8, 4) is 0 Å². The van der Waals surface area contributed by atoms with Gasteiger partial charge in [0.25, 0.3) is 0 Å². The zero-order valence-corrected chi connectivity index (χ0v) is 9.33. The number of hydrogen-bond donors (Lipinski definition) is 0. The number of hydrogen-bond acceptors (Lipinski definition) is 1. The first-order chi connectivity index (χ1) is 7.25. The molecule has 0 radical (unpaired) electrons. The minimum atomic E-state index is 0.352. The van der Waals surface area contributed by atoms with Crippen LogP contribution in [0.2, 0.25) is 0 Å². The van der Waals surface area contributed by atoms with Crippen LogP contribution in [-0.4, -0.2) is 5.78 Å². The Labute approximate surface area is 91.5 Å². The predicted molar refractivity (Wildman–Crippen MR) is 61.8 cm³/mol. The van der Waals surface area contributed by atoms with E-state index in [0.717, 1.165) is 12.8 Å². The molecule has 1 nitrogen and oxygen atoms in total. The summed E-state index contributed by atoms with van der Waals surface area (Å²) >= 11 is 0. The summed E-state index contributed by atoms with van der Waals surface area (Å²) in [5.74, 6) is 0.795. The zero-order valence-electron chi connectivity index (χ0n) is 9.33. The average Bonchev–Trinajstić information content (AvgIpc) is 2.70. The fourth-order valence-corrected chi connectivity index (χ4v) is 2.42. The highest BCUT2D eigenvalue weighted by atomic mass is 16.1. The van der Waals surface area contributed by atoms with Crippen molar-refractivity contribution in [1.82, 2.24) is 0 Å². The lowest BCUT2D eigenvalue weighted by molar-refractivity contribution is -0.122. The third-order valence-electron chi connectivity index (χ3n) is 3.27. The molecule has 1 aliphatic rings. The predicted octanol–water partition coefficient (Wildman–Crippen LogP) is 3.30. The monoisotopic (exact) mass is 202 g/mol. The standard InChI is InChI=1S/C14H18O/c1-11-5-4-6-12(9-11)10-14(15)13-7-2-3-8-13/h4-6,9,13H,2-3,7-8,10H2,1H3. The number of carbonyl (C=O) groups is 1. The van der Waals surface area contributed by atoms with E-state index in [2.05, 4.69) is 25.1 Å². The topological polar surface area (TPSA) is 17.1 Å². The van der Waals surface area contributed by atoms with E-state index in [1.54, 1.807) is 0 Å². The summed E-state index contributed by atoms with van der Waals surface area (Å²) < 4.78 is 0. The fourth-order valence-electron chi connectivity index (χ4n) is 2.42. The summed E-state index contributed by atoms with van der Waals surface area (Å²) in [6.45, 7) is 2.07. The number of carbonyl (C=O) groups excluding carboxylic acids is 1. The van der Waals surface area contributed by atoms with E-state index in [-0.39, 0.29) is 0 Å². The van der Waals surface area contributed by atoms with Gasteiger partial charge in [-0.25, -0.2) is 0 Å². The van der Waals surface area contributed by atoms with Crippen molar-refractivity contribution in [2.45, 2.75) is 39.0 Å². The van der Waals surface area contributed by atoms with Crippen molar-refractivity contribution in [3.05, 3.63) is 35.4 Å². The highest BCUT2D eigenvalue weighted by Crippen LogP contribution is 2.26.